The second kappa shape index (κ2) is 7.47. The molecule has 0 aliphatic carbocycles. The molecule has 0 radical (unpaired) electrons. The average Bonchev–Trinajstić information content (AvgIpc) is 2.59. The summed E-state index contributed by atoms with van der Waals surface area (Å²) in [6, 6.07) is 7.58. The third-order valence-corrected chi connectivity index (χ3v) is 4.85. The molecule has 2 heterocycles. The number of fused-ring (bicyclic) bond motifs is 1. The zero-order valence-electron chi connectivity index (χ0n) is 14.1. The minimum atomic E-state index is -0.123. The second-order valence-corrected chi connectivity index (χ2v) is 6.86. The number of carbonyl (C=O) groups is 1. The van der Waals surface area contributed by atoms with Gasteiger partial charge in [-0.2, -0.15) is 0 Å². The Labute approximate surface area is 147 Å². The Morgan fingerprint density at radius 2 is 2.08 bits per heavy atom. The molecule has 2 aromatic rings. The SMILES string of the molecule is C[C@@H](CNC(=O)c1cc(Cl)cc2cccnc12)N1CCN(C)CC1. The molecule has 24 heavy (non-hydrogen) atoms. The van der Waals surface area contributed by atoms with Gasteiger partial charge in [0.25, 0.3) is 5.91 Å². The number of aromatic nitrogens is 1. The maximum absolute atomic E-state index is 12.6. The van der Waals surface area contributed by atoms with Crippen molar-refractivity contribution in [3.63, 3.8) is 0 Å². The molecule has 1 aromatic heterocycles. The highest BCUT2D eigenvalue weighted by molar-refractivity contribution is 6.32. The first kappa shape index (κ1) is 17.1. The highest BCUT2D eigenvalue weighted by atomic mass is 35.5. The lowest BCUT2D eigenvalue weighted by Crippen LogP contribution is -2.51. The van der Waals surface area contributed by atoms with Crippen LogP contribution in [0.4, 0.5) is 0 Å². The van der Waals surface area contributed by atoms with E-state index < -0.39 is 0 Å². The van der Waals surface area contributed by atoms with Crippen LogP contribution in [-0.4, -0.2) is 66.5 Å². The van der Waals surface area contributed by atoms with Crippen molar-refractivity contribution >= 4 is 28.4 Å². The number of likely N-dealkylation sites (N-methyl/N-ethyl adjacent to an activating group) is 1. The van der Waals surface area contributed by atoms with Crippen molar-refractivity contribution in [2.75, 3.05) is 39.8 Å². The van der Waals surface area contributed by atoms with Crippen molar-refractivity contribution < 1.29 is 4.79 Å². The van der Waals surface area contributed by atoms with E-state index in [1.807, 2.05) is 18.2 Å². The number of piperazine rings is 1. The largest absolute Gasteiger partial charge is 0.350 e. The minimum Gasteiger partial charge on any atom is -0.350 e. The fourth-order valence-electron chi connectivity index (χ4n) is 3.06. The summed E-state index contributed by atoms with van der Waals surface area (Å²) in [5, 5.41) is 4.46. The maximum atomic E-state index is 12.6. The third kappa shape index (κ3) is 3.86. The number of hydrogen-bond donors (Lipinski definition) is 1. The van der Waals surface area contributed by atoms with Crippen LogP contribution in [0.25, 0.3) is 10.9 Å². The first-order chi connectivity index (χ1) is 11.5. The molecule has 0 saturated carbocycles. The quantitative estimate of drug-likeness (QED) is 0.922. The number of amides is 1. The van der Waals surface area contributed by atoms with Crippen LogP contribution in [-0.2, 0) is 0 Å². The van der Waals surface area contributed by atoms with E-state index in [0.717, 1.165) is 31.6 Å². The van der Waals surface area contributed by atoms with Crippen LogP contribution in [0, 0.1) is 0 Å². The van der Waals surface area contributed by atoms with Crippen molar-refractivity contribution in [3.8, 4) is 0 Å². The zero-order chi connectivity index (χ0) is 17.1. The van der Waals surface area contributed by atoms with Crippen molar-refractivity contribution in [3.05, 3.63) is 41.0 Å². The molecule has 1 saturated heterocycles. The molecular formula is C18H23ClN4O. The summed E-state index contributed by atoms with van der Waals surface area (Å²) < 4.78 is 0. The molecule has 1 aromatic carbocycles. The summed E-state index contributed by atoms with van der Waals surface area (Å²) in [7, 11) is 2.14. The second-order valence-electron chi connectivity index (χ2n) is 6.43. The molecule has 0 bridgehead atoms. The number of pyridine rings is 1. The standard InChI is InChI=1S/C18H23ClN4O/c1-13(23-8-6-22(2)7-9-23)12-21-18(24)16-11-15(19)10-14-4-3-5-20-17(14)16/h3-5,10-11,13H,6-9,12H2,1-2H3,(H,21,24)/t13-/m0/s1. The van der Waals surface area contributed by atoms with Crippen LogP contribution in [0.5, 0.6) is 0 Å². The Morgan fingerprint density at radius 1 is 1.33 bits per heavy atom. The van der Waals surface area contributed by atoms with Crippen LogP contribution in [0.15, 0.2) is 30.5 Å². The molecule has 1 aliphatic rings. The van der Waals surface area contributed by atoms with Gasteiger partial charge < -0.3 is 10.2 Å². The Bertz CT molecular complexity index is 728. The molecule has 1 atom stereocenters. The molecular weight excluding hydrogens is 324 g/mol. The first-order valence-electron chi connectivity index (χ1n) is 8.29. The molecule has 5 nitrogen and oxygen atoms in total. The van der Waals surface area contributed by atoms with Gasteiger partial charge in [0.2, 0.25) is 0 Å². The van der Waals surface area contributed by atoms with Gasteiger partial charge in [0.1, 0.15) is 0 Å². The smallest absolute Gasteiger partial charge is 0.253 e. The Hall–Kier alpha value is -1.69. The van der Waals surface area contributed by atoms with Gasteiger partial charge in [0.15, 0.2) is 0 Å². The molecule has 1 amide bonds. The summed E-state index contributed by atoms with van der Waals surface area (Å²) in [6.45, 7) is 6.98. The van der Waals surface area contributed by atoms with Crippen LogP contribution in [0.2, 0.25) is 5.02 Å². The van der Waals surface area contributed by atoms with E-state index in [1.165, 1.54) is 0 Å². The average molecular weight is 347 g/mol. The molecule has 1 N–H and O–H groups in total. The van der Waals surface area contributed by atoms with E-state index in [4.69, 9.17) is 11.6 Å². The number of carbonyl (C=O) groups excluding carboxylic acids is 1. The lowest BCUT2D eigenvalue weighted by atomic mass is 10.1. The molecule has 1 aliphatic heterocycles. The molecule has 0 spiro atoms. The molecule has 6 heteroatoms. The predicted molar refractivity (Wildman–Crippen MR) is 97.6 cm³/mol. The topological polar surface area (TPSA) is 48.5 Å². The number of nitrogens with one attached hydrogen (secondary N) is 1. The number of rotatable bonds is 4. The summed E-state index contributed by atoms with van der Waals surface area (Å²) in [5.41, 5.74) is 1.22. The molecule has 1 fully saturated rings. The van der Waals surface area contributed by atoms with Gasteiger partial charge in [-0.3, -0.25) is 14.7 Å². The van der Waals surface area contributed by atoms with Crippen LogP contribution in [0.1, 0.15) is 17.3 Å². The van der Waals surface area contributed by atoms with Gasteiger partial charge in [-0.15, -0.1) is 0 Å². The van der Waals surface area contributed by atoms with Crippen LogP contribution in [0.3, 0.4) is 0 Å². The highest BCUT2D eigenvalue weighted by Gasteiger charge is 2.20. The number of nitrogens with zero attached hydrogens (tertiary/aromatic N) is 3. The van der Waals surface area contributed by atoms with Gasteiger partial charge in [-0.05, 0) is 32.2 Å². The third-order valence-electron chi connectivity index (χ3n) is 4.63. The van der Waals surface area contributed by atoms with Gasteiger partial charge in [0, 0.05) is 55.4 Å². The fraction of sp³-hybridized carbons (Fsp3) is 0.444. The summed E-state index contributed by atoms with van der Waals surface area (Å²) in [4.78, 5) is 21.7. The fourth-order valence-corrected chi connectivity index (χ4v) is 3.28. The van der Waals surface area contributed by atoms with Gasteiger partial charge >= 0.3 is 0 Å². The van der Waals surface area contributed by atoms with E-state index >= 15 is 0 Å². The monoisotopic (exact) mass is 346 g/mol. The highest BCUT2D eigenvalue weighted by Crippen LogP contribution is 2.22. The summed E-state index contributed by atoms with van der Waals surface area (Å²) in [5.74, 6) is -0.123. The van der Waals surface area contributed by atoms with Crippen molar-refractivity contribution in [1.82, 2.24) is 20.1 Å². The summed E-state index contributed by atoms with van der Waals surface area (Å²) in [6.07, 6.45) is 1.69. The Kier molecular flexibility index (Phi) is 5.33. The number of hydrogen-bond acceptors (Lipinski definition) is 4. The van der Waals surface area contributed by atoms with E-state index in [-0.39, 0.29) is 5.91 Å². The van der Waals surface area contributed by atoms with E-state index in [0.29, 0.717) is 28.7 Å². The van der Waals surface area contributed by atoms with Gasteiger partial charge in [-0.25, -0.2) is 0 Å². The Balaban J connectivity index is 1.67. The predicted octanol–water partition coefficient (Wildman–Crippen LogP) is 2.25. The van der Waals surface area contributed by atoms with Crippen LogP contribution >= 0.6 is 11.6 Å². The lowest BCUT2D eigenvalue weighted by Gasteiger charge is -2.36. The molecule has 3 rings (SSSR count). The molecule has 128 valence electrons. The van der Waals surface area contributed by atoms with Crippen LogP contribution < -0.4 is 5.32 Å². The zero-order valence-corrected chi connectivity index (χ0v) is 14.9. The normalized spacial score (nSPS) is 17.8. The van der Waals surface area contributed by atoms with Gasteiger partial charge in [-0.1, -0.05) is 17.7 Å². The first-order valence-corrected chi connectivity index (χ1v) is 8.67. The van der Waals surface area contributed by atoms with Gasteiger partial charge in [0.05, 0.1) is 11.1 Å². The number of halogens is 1. The Morgan fingerprint density at radius 3 is 2.83 bits per heavy atom. The maximum Gasteiger partial charge on any atom is 0.253 e. The van der Waals surface area contributed by atoms with E-state index in [9.17, 15) is 4.79 Å². The van der Waals surface area contributed by atoms with E-state index in [2.05, 4.69) is 34.1 Å². The van der Waals surface area contributed by atoms with E-state index in [1.54, 1.807) is 12.3 Å². The lowest BCUT2D eigenvalue weighted by molar-refractivity contribution is 0.0905. The van der Waals surface area contributed by atoms with Crippen molar-refractivity contribution in [2.45, 2.75) is 13.0 Å². The molecule has 0 unspecified atom stereocenters. The van der Waals surface area contributed by atoms with Crippen molar-refractivity contribution in [2.24, 2.45) is 0 Å². The summed E-state index contributed by atoms with van der Waals surface area (Å²) >= 11 is 6.15. The minimum absolute atomic E-state index is 0.123. The number of benzene rings is 1. The van der Waals surface area contributed by atoms with Crippen molar-refractivity contribution in [1.29, 1.82) is 0 Å².